The minimum Gasteiger partial charge on any atom is -0.496 e. The van der Waals surface area contributed by atoms with Crippen LogP contribution in [-0.2, 0) is 0 Å². The fourth-order valence-corrected chi connectivity index (χ4v) is 3.10. The summed E-state index contributed by atoms with van der Waals surface area (Å²) in [5, 5.41) is 9.16. The SMILES string of the molecule is COc1ccc(F)cc1-c1ccc2c(NC(=O)c3cc(F)c(F)c(F)c3F)n[nH]c2c1. The maximum absolute atomic E-state index is 13.9. The lowest BCUT2D eigenvalue weighted by molar-refractivity contribution is 0.102. The number of nitrogens with one attached hydrogen (secondary N) is 2. The molecule has 1 aromatic heterocycles. The highest BCUT2D eigenvalue weighted by Crippen LogP contribution is 2.33. The van der Waals surface area contributed by atoms with Crippen LogP contribution in [0.5, 0.6) is 5.75 Å². The second-order valence-electron chi connectivity index (χ2n) is 6.48. The molecule has 0 saturated carbocycles. The maximum atomic E-state index is 13.9. The molecule has 0 bridgehead atoms. The highest BCUT2D eigenvalue weighted by Gasteiger charge is 2.24. The molecule has 0 aliphatic heterocycles. The summed E-state index contributed by atoms with van der Waals surface area (Å²) in [7, 11) is 1.44. The molecule has 10 heteroatoms. The molecule has 1 amide bonds. The topological polar surface area (TPSA) is 67.0 Å². The van der Waals surface area contributed by atoms with E-state index in [1.807, 2.05) is 0 Å². The van der Waals surface area contributed by atoms with Crippen LogP contribution in [0.1, 0.15) is 10.4 Å². The van der Waals surface area contributed by atoms with Crippen LogP contribution in [0.2, 0.25) is 0 Å². The maximum Gasteiger partial charge on any atom is 0.260 e. The van der Waals surface area contributed by atoms with E-state index in [2.05, 4.69) is 15.5 Å². The number of halogens is 5. The van der Waals surface area contributed by atoms with E-state index in [1.165, 1.54) is 25.3 Å². The molecule has 0 spiro atoms. The first-order valence-corrected chi connectivity index (χ1v) is 8.76. The van der Waals surface area contributed by atoms with E-state index >= 15 is 0 Å². The van der Waals surface area contributed by atoms with E-state index in [-0.39, 0.29) is 11.9 Å². The molecule has 1 heterocycles. The molecule has 4 rings (SSSR count). The Morgan fingerprint density at radius 3 is 2.48 bits per heavy atom. The Morgan fingerprint density at radius 1 is 0.968 bits per heavy atom. The number of fused-ring (bicyclic) bond motifs is 1. The summed E-state index contributed by atoms with van der Waals surface area (Å²) < 4.78 is 72.7. The molecule has 0 aliphatic carbocycles. The Bertz CT molecular complexity index is 1340. The van der Waals surface area contributed by atoms with Crippen LogP contribution in [0.3, 0.4) is 0 Å². The van der Waals surface area contributed by atoms with Crippen molar-refractivity contribution in [1.82, 2.24) is 10.2 Å². The predicted octanol–water partition coefficient (Wildman–Crippen LogP) is 5.19. The molecule has 3 aromatic carbocycles. The number of amides is 1. The first-order valence-electron chi connectivity index (χ1n) is 8.76. The second-order valence-corrected chi connectivity index (χ2v) is 6.48. The van der Waals surface area contributed by atoms with Crippen molar-refractivity contribution in [2.24, 2.45) is 0 Å². The molecule has 158 valence electrons. The first kappa shape index (κ1) is 20.3. The number of anilines is 1. The van der Waals surface area contributed by atoms with Crippen molar-refractivity contribution in [2.75, 3.05) is 12.4 Å². The van der Waals surface area contributed by atoms with Gasteiger partial charge in [0.05, 0.1) is 18.2 Å². The summed E-state index contributed by atoms with van der Waals surface area (Å²) in [6.07, 6.45) is 0. The van der Waals surface area contributed by atoms with Gasteiger partial charge in [-0.3, -0.25) is 9.89 Å². The summed E-state index contributed by atoms with van der Waals surface area (Å²) in [6.45, 7) is 0. The van der Waals surface area contributed by atoms with Crippen LogP contribution < -0.4 is 10.1 Å². The number of methoxy groups -OCH3 is 1. The Morgan fingerprint density at radius 2 is 1.74 bits per heavy atom. The van der Waals surface area contributed by atoms with Crippen LogP contribution >= 0.6 is 0 Å². The number of carbonyl (C=O) groups is 1. The number of carbonyl (C=O) groups excluding carboxylic acids is 1. The number of nitrogens with zero attached hydrogens (tertiary/aromatic N) is 1. The standard InChI is InChI=1S/C21H12F5N3O2/c1-31-16-5-3-10(22)7-12(16)9-2-4-11-15(6-9)28-29-20(11)27-21(30)13-8-14(23)18(25)19(26)17(13)24/h2-8H,1H3,(H2,27,28,29,30). The van der Waals surface area contributed by atoms with Gasteiger partial charge in [-0.05, 0) is 42.0 Å². The van der Waals surface area contributed by atoms with Crippen LogP contribution in [0.15, 0.2) is 42.5 Å². The monoisotopic (exact) mass is 433 g/mol. The number of aromatic amines is 1. The Kier molecular flexibility index (Phi) is 5.05. The number of hydrogen-bond donors (Lipinski definition) is 2. The molecule has 31 heavy (non-hydrogen) atoms. The summed E-state index contributed by atoms with van der Waals surface area (Å²) in [6, 6.07) is 9.06. The van der Waals surface area contributed by atoms with Crippen LogP contribution in [0, 0.1) is 29.1 Å². The van der Waals surface area contributed by atoms with Crippen molar-refractivity contribution in [3.8, 4) is 16.9 Å². The van der Waals surface area contributed by atoms with Gasteiger partial charge < -0.3 is 10.1 Å². The minimum atomic E-state index is -2.09. The van der Waals surface area contributed by atoms with E-state index in [4.69, 9.17) is 4.74 Å². The molecule has 0 atom stereocenters. The highest BCUT2D eigenvalue weighted by atomic mass is 19.2. The quantitative estimate of drug-likeness (QED) is 0.265. The second kappa shape index (κ2) is 7.71. The van der Waals surface area contributed by atoms with Crippen molar-refractivity contribution in [3.05, 3.63) is 77.1 Å². The van der Waals surface area contributed by atoms with Gasteiger partial charge in [-0.15, -0.1) is 0 Å². The van der Waals surface area contributed by atoms with Gasteiger partial charge in [-0.1, -0.05) is 6.07 Å². The van der Waals surface area contributed by atoms with Crippen molar-refractivity contribution < 1.29 is 31.5 Å². The number of benzene rings is 3. The van der Waals surface area contributed by atoms with Crippen molar-refractivity contribution in [1.29, 1.82) is 0 Å². The Hall–Kier alpha value is -3.95. The van der Waals surface area contributed by atoms with Gasteiger partial charge in [0.25, 0.3) is 5.91 Å². The first-order chi connectivity index (χ1) is 14.8. The average molecular weight is 433 g/mol. The lowest BCUT2D eigenvalue weighted by atomic mass is 10.0. The van der Waals surface area contributed by atoms with Gasteiger partial charge in [0, 0.05) is 10.9 Å². The van der Waals surface area contributed by atoms with Gasteiger partial charge in [0.15, 0.2) is 29.1 Å². The predicted molar refractivity (Wildman–Crippen MR) is 102 cm³/mol. The lowest BCUT2D eigenvalue weighted by Gasteiger charge is -2.09. The van der Waals surface area contributed by atoms with Gasteiger partial charge in [0.1, 0.15) is 11.6 Å². The number of rotatable bonds is 4. The van der Waals surface area contributed by atoms with Gasteiger partial charge in [-0.2, -0.15) is 5.10 Å². The smallest absolute Gasteiger partial charge is 0.260 e. The normalized spacial score (nSPS) is 11.0. The molecular formula is C21H12F5N3O2. The number of aromatic nitrogens is 2. The van der Waals surface area contributed by atoms with E-state index in [9.17, 15) is 26.7 Å². The van der Waals surface area contributed by atoms with Gasteiger partial charge in [0.2, 0.25) is 0 Å². The molecule has 5 nitrogen and oxygen atoms in total. The summed E-state index contributed by atoms with van der Waals surface area (Å²) in [4.78, 5) is 12.3. The fourth-order valence-electron chi connectivity index (χ4n) is 3.10. The van der Waals surface area contributed by atoms with E-state index in [1.54, 1.807) is 18.2 Å². The lowest BCUT2D eigenvalue weighted by Crippen LogP contribution is -2.16. The zero-order valence-corrected chi connectivity index (χ0v) is 15.7. The number of H-pyrrole nitrogens is 1. The number of hydrogen-bond acceptors (Lipinski definition) is 3. The van der Waals surface area contributed by atoms with Crippen molar-refractivity contribution in [2.45, 2.75) is 0 Å². The molecule has 0 aliphatic rings. The molecule has 0 unspecified atom stereocenters. The summed E-state index contributed by atoms with van der Waals surface area (Å²) >= 11 is 0. The number of ether oxygens (including phenoxy) is 1. The molecule has 0 radical (unpaired) electrons. The largest absolute Gasteiger partial charge is 0.496 e. The molecule has 2 N–H and O–H groups in total. The Balaban J connectivity index is 1.69. The third-order valence-electron chi connectivity index (χ3n) is 4.61. The summed E-state index contributed by atoms with van der Waals surface area (Å²) in [5.41, 5.74) is 0.465. The van der Waals surface area contributed by atoms with Gasteiger partial charge in [-0.25, -0.2) is 22.0 Å². The third-order valence-corrected chi connectivity index (χ3v) is 4.61. The van der Waals surface area contributed by atoms with Gasteiger partial charge >= 0.3 is 0 Å². The highest BCUT2D eigenvalue weighted by molar-refractivity contribution is 6.08. The molecule has 0 saturated heterocycles. The van der Waals surface area contributed by atoms with Crippen LogP contribution in [0.25, 0.3) is 22.0 Å². The zero-order valence-electron chi connectivity index (χ0n) is 15.7. The van der Waals surface area contributed by atoms with Crippen LogP contribution in [-0.4, -0.2) is 23.2 Å². The van der Waals surface area contributed by atoms with E-state index in [0.717, 1.165) is 0 Å². The van der Waals surface area contributed by atoms with E-state index in [0.29, 0.717) is 27.8 Å². The fraction of sp³-hybridized carbons (Fsp3) is 0.0476. The molecule has 4 aromatic rings. The third kappa shape index (κ3) is 3.56. The molecule has 0 fully saturated rings. The zero-order chi connectivity index (χ0) is 22.3. The van der Waals surface area contributed by atoms with E-state index < -0.39 is 40.6 Å². The van der Waals surface area contributed by atoms with Crippen molar-refractivity contribution >= 4 is 22.6 Å². The molecular weight excluding hydrogens is 421 g/mol. The van der Waals surface area contributed by atoms with Crippen LogP contribution in [0.4, 0.5) is 27.8 Å². The van der Waals surface area contributed by atoms with Crippen molar-refractivity contribution in [3.63, 3.8) is 0 Å². The summed E-state index contributed by atoms with van der Waals surface area (Å²) in [5.74, 6) is -8.94. The minimum absolute atomic E-state index is 0.0534. The average Bonchev–Trinajstić information content (AvgIpc) is 3.16. The Labute approximate surface area is 171 Å².